The summed E-state index contributed by atoms with van der Waals surface area (Å²) in [6, 6.07) is 14.8. The number of nitro groups is 1. The van der Waals surface area contributed by atoms with Gasteiger partial charge >= 0.3 is 0 Å². The fourth-order valence-electron chi connectivity index (χ4n) is 7.30. The predicted molar refractivity (Wildman–Crippen MR) is 232 cm³/mol. The van der Waals surface area contributed by atoms with Crippen LogP contribution < -0.4 is 37.7 Å². The highest BCUT2D eigenvalue weighted by molar-refractivity contribution is 6.03. The Morgan fingerprint density at radius 1 is 1.00 bits per heavy atom. The highest BCUT2D eigenvalue weighted by Crippen LogP contribution is 2.34. The third-order valence-corrected chi connectivity index (χ3v) is 10.7. The maximum absolute atomic E-state index is 13.4. The van der Waals surface area contributed by atoms with Gasteiger partial charge in [-0.1, -0.05) is 42.5 Å². The van der Waals surface area contributed by atoms with Gasteiger partial charge in [-0.3, -0.25) is 38.9 Å². The molecule has 2 heterocycles. The molecular weight excluding hydrogens is 837 g/mol. The molecule has 8 unspecified atom stereocenters. The topological polar surface area (TPSA) is 316 Å². The van der Waals surface area contributed by atoms with Gasteiger partial charge in [-0.25, -0.2) is 0 Å². The number of nitrogens with two attached hydrogens (primary N) is 1. The first kappa shape index (κ1) is 48.5. The van der Waals surface area contributed by atoms with E-state index in [4.69, 9.17) is 19.9 Å². The summed E-state index contributed by atoms with van der Waals surface area (Å²) in [5, 5.41) is 46.8. The number of aliphatic hydroxyl groups is 2. The van der Waals surface area contributed by atoms with Gasteiger partial charge in [0.05, 0.1) is 23.5 Å². The summed E-state index contributed by atoms with van der Waals surface area (Å²) in [6.07, 6.45) is -5.43. The number of aromatic amines is 1. The van der Waals surface area contributed by atoms with Gasteiger partial charge in [-0.15, -0.1) is 0 Å². The molecule has 1 aromatic heterocycles. The number of nitro benzene ring substituents is 1. The number of aliphatic hydroxyl groups excluding tert-OH is 2. The molecular formula is C43H54N8O13. The van der Waals surface area contributed by atoms with E-state index in [1.165, 1.54) is 39.8 Å². The summed E-state index contributed by atoms with van der Waals surface area (Å²) in [4.78, 5) is 91.3. The van der Waals surface area contributed by atoms with Crippen molar-refractivity contribution in [3.63, 3.8) is 0 Å². The highest BCUT2D eigenvalue weighted by atomic mass is 16.7. The van der Waals surface area contributed by atoms with Crippen molar-refractivity contribution in [3.05, 3.63) is 92.6 Å². The molecule has 21 nitrogen and oxygen atoms in total. The molecule has 0 saturated carbocycles. The van der Waals surface area contributed by atoms with E-state index in [0.717, 1.165) is 5.56 Å². The van der Waals surface area contributed by atoms with Crippen LogP contribution in [-0.4, -0.2) is 118 Å². The number of anilines is 1. The van der Waals surface area contributed by atoms with Crippen LogP contribution in [0.1, 0.15) is 52.5 Å². The quantitative estimate of drug-likeness (QED) is 0.0241. The van der Waals surface area contributed by atoms with Crippen LogP contribution in [-0.2, 0) is 44.8 Å². The van der Waals surface area contributed by atoms with Crippen LogP contribution in [0.3, 0.4) is 0 Å². The van der Waals surface area contributed by atoms with Crippen LogP contribution in [0.15, 0.2) is 71.5 Å². The van der Waals surface area contributed by atoms with Gasteiger partial charge in [0.15, 0.2) is 11.2 Å². The molecule has 1 fully saturated rings. The number of hydrogen-bond acceptors (Lipinski definition) is 14. The lowest BCUT2D eigenvalue weighted by molar-refractivity contribution is -0.383. The van der Waals surface area contributed by atoms with E-state index in [1.54, 1.807) is 24.3 Å². The zero-order valence-electron chi connectivity index (χ0n) is 35.8. The number of rotatable bonds is 21. The first-order chi connectivity index (χ1) is 30.4. The molecule has 64 heavy (non-hydrogen) atoms. The molecule has 344 valence electrons. The minimum atomic E-state index is -1.65. The Kier molecular flexibility index (Phi) is 16.5. The van der Waals surface area contributed by atoms with Crippen LogP contribution in [0.5, 0.6) is 0 Å². The summed E-state index contributed by atoms with van der Waals surface area (Å²) >= 11 is 0. The molecule has 0 spiro atoms. The number of H-pyrrole nitrogens is 1. The third-order valence-electron chi connectivity index (χ3n) is 10.7. The number of non-ortho nitro benzene ring substituents is 1. The first-order valence-corrected chi connectivity index (χ1v) is 20.6. The molecule has 0 aliphatic carbocycles. The monoisotopic (exact) mass is 890 g/mol. The number of amides is 5. The van der Waals surface area contributed by atoms with E-state index in [1.807, 2.05) is 30.3 Å². The van der Waals surface area contributed by atoms with Crippen molar-refractivity contribution in [2.24, 2.45) is 5.73 Å². The Hall–Kier alpha value is -6.52. The van der Waals surface area contributed by atoms with E-state index in [2.05, 4.69) is 31.6 Å². The Labute approximate surface area is 366 Å². The Bertz CT molecular complexity index is 2400. The number of aromatic nitrogens is 1. The van der Waals surface area contributed by atoms with Crippen molar-refractivity contribution in [1.29, 1.82) is 0 Å². The Balaban J connectivity index is 1.10. The van der Waals surface area contributed by atoms with E-state index in [0.29, 0.717) is 23.0 Å². The number of carbonyl (C=O) groups is 5. The van der Waals surface area contributed by atoms with E-state index in [9.17, 15) is 49.1 Å². The van der Waals surface area contributed by atoms with Crippen molar-refractivity contribution < 1.29 is 53.3 Å². The lowest BCUT2D eigenvalue weighted by atomic mass is 9.90. The molecule has 10 N–H and O–H groups in total. The molecule has 21 heteroatoms. The lowest BCUT2D eigenvalue weighted by Crippen LogP contribution is -2.71. The predicted octanol–water partition coefficient (Wildman–Crippen LogP) is 0.726. The van der Waals surface area contributed by atoms with Crippen LogP contribution in [0.4, 0.5) is 11.4 Å². The molecule has 1 saturated heterocycles. The molecule has 3 aromatic carbocycles. The number of nitrogens with one attached hydrogen (secondary N) is 6. The van der Waals surface area contributed by atoms with Crippen LogP contribution in [0.2, 0.25) is 0 Å². The van der Waals surface area contributed by atoms with E-state index in [-0.39, 0.29) is 54.6 Å². The summed E-state index contributed by atoms with van der Waals surface area (Å²) in [5.41, 5.74) is 6.59. The van der Waals surface area contributed by atoms with Crippen molar-refractivity contribution in [2.75, 3.05) is 25.0 Å². The standard InChI is InChI=1S/C43H54N8O13/c1-23(47-42(59)24(2)63-38-37(56)32(21-52)64-43(4,39(38)48-25(3)53)62-22-26-11-6-5-7-12-26)41(58)50-30(40(44)57)16-18-33(54)46-20-10-19-45-29-15-17-31(51(60)61)35-34(29)36(55)27-13-8-9-14-28(27)49-35/h5-9,11-15,17,23-24,30,32,37-39,45,52,56H,10,16,18-22H2,1-4H3,(H2,44,57)(H,46,54)(H,47,59)(H,48,53)(H,49,55)(H,50,58). The lowest BCUT2D eigenvalue weighted by Gasteiger charge is -2.50. The number of hydrogen-bond donors (Lipinski definition) is 9. The smallest absolute Gasteiger partial charge is 0.293 e. The van der Waals surface area contributed by atoms with Gasteiger partial charge in [-0.2, -0.15) is 0 Å². The van der Waals surface area contributed by atoms with Crippen molar-refractivity contribution >= 4 is 62.7 Å². The zero-order valence-corrected chi connectivity index (χ0v) is 35.8. The maximum atomic E-state index is 13.4. The molecule has 4 aromatic rings. The number of nitrogens with zero attached hydrogens (tertiary/aromatic N) is 1. The maximum Gasteiger partial charge on any atom is 0.293 e. The summed E-state index contributed by atoms with van der Waals surface area (Å²) in [6.45, 7) is 5.29. The van der Waals surface area contributed by atoms with Gasteiger partial charge in [0.25, 0.3) is 5.69 Å². The molecule has 1 aliphatic rings. The van der Waals surface area contributed by atoms with Gasteiger partial charge in [0, 0.05) is 49.1 Å². The minimum Gasteiger partial charge on any atom is -0.394 e. The van der Waals surface area contributed by atoms with E-state index >= 15 is 0 Å². The number of pyridine rings is 1. The second-order valence-corrected chi connectivity index (χ2v) is 15.5. The fraction of sp³-hybridized carbons (Fsp3) is 0.442. The van der Waals surface area contributed by atoms with Crippen molar-refractivity contribution in [3.8, 4) is 0 Å². The Morgan fingerprint density at radius 2 is 1.70 bits per heavy atom. The van der Waals surface area contributed by atoms with Crippen LogP contribution in [0.25, 0.3) is 21.8 Å². The number of fused-ring (bicyclic) bond motifs is 2. The molecule has 5 rings (SSSR count). The fourth-order valence-corrected chi connectivity index (χ4v) is 7.30. The molecule has 0 radical (unpaired) electrons. The highest BCUT2D eigenvalue weighted by Gasteiger charge is 2.54. The average molecular weight is 891 g/mol. The van der Waals surface area contributed by atoms with Crippen LogP contribution in [0, 0.1) is 10.1 Å². The number of para-hydroxylation sites is 1. The normalized spacial score (nSPS) is 21.0. The minimum absolute atomic E-state index is 0.0284. The number of benzene rings is 3. The van der Waals surface area contributed by atoms with Gasteiger partial charge in [-0.05, 0) is 57.4 Å². The SMILES string of the molecule is CC(=O)NC1C(OC(C)C(=O)NC(C)C(=O)NC(CCC(=O)NCCCNc2ccc([N+](=O)[O-])c3[nH]c4ccccc4c(=O)c23)C(N)=O)C(O)C(CO)OC1(C)OCc1ccccc1. The average Bonchev–Trinajstić information content (AvgIpc) is 3.26. The van der Waals surface area contributed by atoms with Crippen molar-refractivity contribution in [2.45, 2.75) is 102 Å². The van der Waals surface area contributed by atoms with Crippen LogP contribution >= 0.6 is 0 Å². The second-order valence-electron chi connectivity index (χ2n) is 15.5. The Morgan fingerprint density at radius 3 is 2.38 bits per heavy atom. The molecule has 5 amide bonds. The van der Waals surface area contributed by atoms with Gasteiger partial charge in [0.2, 0.25) is 29.5 Å². The summed E-state index contributed by atoms with van der Waals surface area (Å²) in [7, 11) is 0. The van der Waals surface area contributed by atoms with Gasteiger partial charge < -0.3 is 61.7 Å². The number of primary amides is 1. The number of carbonyl (C=O) groups excluding carboxylic acids is 5. The van der Waals surface area contributed by atoms with Gasteiger partial charge in [0.1, 0.15) is 48.1 Å². The molecule has 0 bridgehead atoms. The zero-order chi connectivity index (χ0) is 46.7. The number of ether oxygens (including phenoxy) is 3. The summed E-state index contributed by atoms with van der Waals surface area (Å²) < 4.78 is 18.1. The largest absolute Gasteiger partial charge is 0.394 e. The first-order valence-electron chi connectivity index (χ1n) is 20.6. The molecule has 8 atom stereocenters. The summed E-state index contributed by atoms with van der Waals surface area (Å²) in [5.74, 6) is -5.15. The van der Waals surface area contributed by atoms with E-state index < -0.39 is 89.4 Å². The second kappa shape index (κ2) is 21.7. The molecule has 1 aliphatic heterocycles. The van der Waals surface area contributed by atoms with Crippen molar-refractivity contribution in [1.82, 2.24) is 26.3 Å². The third kappa shape index (κ3) is 11.9.